The van der Waals surface area contributed by atoms with Crippen LogP contribution in [0.1, 0.15) is 20.3 Å². The van der Waals surface area contributed by atoms with E-state index in [4.69, 9.17) is 9.47 Å². The molecule has 0 N–H and O–H groups in total. The Morgan fingerprint density at radius 1 is 1.41 bits per heavy atom. The normalized spacial score (nSPS) is 33.7. The smallest absolute Gasteiger partial charge is 0.344 e. The maximum Gasteiger partial charge on any atom is 0.344 e. The molecule has 0 aliphatic heterocycles. The summed E-state index contributed by atoms with van der Waals surface area (Å²) in [5.74, 6) is -2.49. The summed E-state index contributed by atoms with van der Waals surface area (Å²) in [7, 11) is 0. The Labute approximate surface area is 98.8 Å². The molecule has 0 aromatic heterocycles. The zero-order valence-corrected chi connectivity index (χ0v) is 9.86. The lowest BCUT2D eigenvalue weighted by atomic mass is 10.1. The predicted octanol–water partition coefficient (Wildman–Crippen LogP) is 1.40. The summed E-state index contributed by atoms with van der Waals surface area (Å²) in [6, 6.07) is 0. The minimum atomic E-state index is -2.01. The van der Waals surface area contributed by atoms with Crippen molar-refractivity contribution in [1.29, 1.82) is 0 Å². The maximum absolute atomic E-state index is 14.3. The molecule has 2 aliphatic rings. The molecule has 4 nitrogen and oxygen atoms in total. The van der Waals surface area contributed by atoms with Gasteiger partial charge in [-0.05, 0) is 20.3 Å². The summed E-state index contributed by atoms with van der Waals surface area (Å²) in [6.45, 7) is 3.70. The third kappa shape index (κ3) is 1.64. The van der Waals surface area contributed by atoms with Crippen molar-refractivity contribution in [1.82, 2.24) is 0 Å². The Bertz CT molecular complexity index is 390. The van der Waals surface area contributed by atoms with Gasteiger partial charge in [-0.1, -0.05) is 6.08 Å². The van der Waals surface area contributed by atoms with Gasteiger partial charge in [-0.3, -0.25) is 0 Å². The van der Waals surface area contributed by atoms with Crippen LogP contribution in [-0.2, 0) is 19.1 Å². The monoisotopic (exact) mass is 242 g/mol. The second-order valence-corrected chi connectivity index (χ2v) is 4.19. The molecule has 0 radical (unpaired) electrons. The number of esters is 2. The van der Waals surface area contributed by atoms with Crippen LogP contribution in [0.2, 0.25) is 0 Å². The molecule has 5 heteroatoms. The summed E-state index contributed by atoms with van der Waals surface area (Å²) in [4.78, 5) is 23.0. The summed E-state index contributed by atoms with van der Waals surface area (Å²) in [5, 5.41) is 0. The first kappa shape index (κ1) is 12.1. The number of hydrogen-bond acceptors (Lipinski definition) is 4. The summed E-state index contributed by atoms with van der Waals surface area (Å²) in [6.07, 6.45) is 2.05. The molecule has 0 aromatic rings. The number of rotatable bonds is 4. The standard InChI is InChI=1S/C12H15FO4/c1-3-16-10(14)7-5-6-8-9(7)12(8,13)11(15)17-4-2/h5,8-9H,3-4,6H2,1-2H3/t8-,9+,12-/m0/s1. The summed E-state index contributed by atoms with van der Waals surface area (Å²) in [5.41, 5.74) is -1.72. The topological polar surface area (TPSA) is 52.6 Å². The number of carbonyl (C=O) groups excluding carboxylic acids is 2. The van der Waals surface area contributed by atoms with E-state index in [1.165, 1.54) is 0 Å². The molecule has 0 aromatic carbocycles. The fourth-order valence-corrected chi connectivity index (χ4v) is 2.50. The van der Waals surface area contributed by atoms with Crippen LogP contribution in [0.3, 0.4) is 0 Å². The third-order valence-electron chi connectivity index (χ3n) is 3.31. The lowest BCUT2D eigenvalue weighted by Crippen LogP contribution is -2.27. The van der Waals surface area contributed by atoms with E-state index in [2.05, 4.69) is 0 Å². The fourth-order valence-electron chi connectivity index (χ4n) is 2.50. The quantitative estimate of drug-likeness (QED) is 0.699. The van der Waals surface area contributed by atoms with E-state index < -0.39 is 29.4 Å². The highest BCUT2D eigenvalue weighted by Crippen LogP contribution is 2.63. The molecule has 1 saturated carbocycles. The predicted molar refractivity (Wildman–Crippen MR) is 56.8 cm³/mol. The van der Waals surface area contributed by atoms with E-state index >= 15 is 0 Å². The maximum atomic E-state index is 14.3. The van der Waals surface area contributed by atoms with Gasteiger partial charge in [0.05, 0.1) is 13.2 Å². The molecular weight excluding hydrogens is 227 g/mol. The number of hydrogen-bond donors (Lipinski definition) is 0. The lowest BCUT2D eigenvalue weighted by molar-refractivity contribution is -0.152. The van der Waals surface area contributed by atoms with Crippen molar-refractivity contribution in [2.24, 2.45) is 11.8 Å². The van der Waals surface area contributed by atoms with Crippen LogP contribution in [0.5, 0.6) is 0 Å². The zero-order chi connectivity index (χ0) is 12.6. The molecule has 1 fully saturated rings. The minimum Gasteiger partial charge on any atom is -0.464 e. The van der Waals surface area contributed by atoms with E-state index in [0.717, 1.165) is 0 Å². The van der Waals surface area contributed by atoms with Crippen LogP contribution in [-0.4, -0.2) is 30.8 Å². The van der Waals surface area contributed by atoms with Gasteiger partial charge in [-0.2, -0.15) is 0 Å². The van der Waals surface area contributed by atoms with Crippen molar-refractivity contribution in [3.05, 3.63) is 11.6 Å². The minimum absolute atomic E-state index is 0.141. The van der Waals surface area contributed by atoms with Crippen molar-refractivity contribution < 1.29 is 23.5 Å². The molecule has 94 valence electrons. The Balaban J connectivity index is 2.08. The van der Waals surface area contributed by atoms with Gasteiger partial charge in [-0.15, -0.1) is 0 Å². The van der Waals surface area contributed by atoms with Crippen LogP contribution in [0.15, 0.2) is 11.6 Å². The Hall–Kier alpha value is -1.39. The van der Waals surface area contributed by atoms with Crippen LogP contribution in [0.4, 0.5) is 4.39 Å². The van der Waals surface area contributed by atoms with Gasteiger partial charge in [-0.25, -0.2) is 14.0 Å². The summed E-state index contributed by atoms with van der Waals surface area (Å²) >= 11 is 0. The molecule has 0 unspecified atom stereocenters. The van der Waals surface area contributed by atoms with E-state index in [0.29, 0.717) is 6.42 Å². The number of allylic oxidation sites excluding steroid dienone is 1. The average molecular weight is 242 g/mol. The van der Waals surface area contributed by atoms with Gasteiger partial charge in [0.15, 0.2) is 0 Å². The van der Waals surface area contributed by atoms with Crippen molar-refractivity contribution in [2.45, 2.75) is 25.9 Å². The van der Waals surface area contributed by atoms with Crippen LogP contribution in [0.25, 0.3) is 0 Å². The molecule has 0 saturated heterocycles. The second-order valence-electron chi connectivity index (χ2n) is 4.19. The molecule has 3 atom stereocenters. The highest BCUT2D eigenvalue weighted by molar-refractivity contribution is 5.96. The van der Waals surface area contributed by atoms with Crippen molar-refractivity contribution >= 4 is 11.9 Å². The van der Waals surface area contributed by atoms with E-state index in [-0.39, 0.29) is 18.8 Å². The average Bonchev–Trinajstić information content (AvgIpc) is 2.72. The van der Waals surface area contributed by atoms with Gasteiger partial charge in [0.1, 0.15) is 0 Å². The Morgan fingerprint density at radius 2 is 2.06 bits per heavy atom. The number of fused-ring (bicyclic) bond motifs is 1. The van der Waals surface area contributed by atoms with E-state index in [9.17, 15) is 14.0 Å². The van der Waals surface area contributed by atoms with Crippen molar-refractivity contribution in [3.63, 3.8) is 0 Å². The highest BCUT2D eigenvalue weighted by atomic mass is 19.1. The number of alkyl halides is 1. The summed E-state index contributed by atoms with van der Waals surface area (Å²) < 4.78 is 23.8. The number of ether oxygens (including phenoxy) is 2. The highest BCUT2D eigenvalue weighted by Gasteiger charge is 2.75. The number of halogens is 1. The van der Waals surface area contributed by atoms with Crippen LogP contribution < -0.4 is 0 Å². The van der Waals surface area contributed by atoms with Crippen LogP contribution >= 0.6 is 0 Å². The van der Waals surface area contributed by atoms with Crippen LogP contribution in [0, 0.1) is 11.8 Å². The second kappa shape index (κ2) is 4.13. The van der Waals surface area contributed by atoms with Gasteiger partial charge in [0.25, 0.3) is 0 Å². The Kier molecular flexibility index (Phi) is 2.93. The zero-order valence-electron chi connectivity index (χ0n) is 9.86. The number of carbonyl (C=O) groups is 2. The first-order chi connectivity index (χ1) is 8.07. The van der Waals surface area contributed by atoms with Gasteiger partial charge in [0.2, 0.25) is 5.67 Å². The van der Waals surface area contributed by atoms with Crippen molar-refractivity contribution in [3.8, 4) is 0 Å². The third-order valence-corrected chi connectivity index (χ3v) is 3.31. The fraction of sp³-hybridized carbons (Fsp3) is 0.667. The molecule has 0 amide bonds. The molecule has 0 bridgehead atoms. The van der Waals surface area contributed by atoms with Gasteiger partial charge >= 0.3 is 11.9 Å². The first-order valence-corrected chi connectivity index (χ1v) is 5.80. The first-order valence-electron chi connectivity index (χ1n) is 5.80. The molecule has 0 heterocycles. The van der Waals surface area contributed by atoms with E-state index in [1.54, 1.807) is 19.9 Å². The molecule has 17 heavy (non-hydrogen) atoms. The van der Waals surface area contributed by atoms with Crippen molar-refractivity contribution in [2.75, 3.05) is 13.2 Å². The largest absolute Gasteiger partial charge is 0.464 e. The molecular formula is C12H15FO4. The SMILES string of the molecule is CCOC(=O)C1=CC[C@H]2[C@@H]1[C@]2(F)C(=O)OCC. The molecule has 2 rings (SSSR count). The molecule has 2 aliphatic carbocycles. The van der Waals surface area contributed by atoms with E-state index in [1.807, 2.05) is 0 Å². The molecule has 0 spiro atoms. The van der Waals surface area contributed by atoms with Gasteiger partial charge in [0, 0.05) is 17.4 Å². The Morgan fingerprint density at radius 3 is 2.65 bits per heavy atom. The lowest BCUT2D eigenvalue weighted by Gasteiger charge is -2.10. The van der Waals surface area contributed by atoms with Gasteiger partial charge < -0.3 is 9.47 Å².